The van der Waals surface area contributed by atoms with Crippen LogP contribution in [0.3, 0.4) is 0 Å². The van der Waals surface area contributed by atoms with E-state index in [1.165, 1.54) is 103 Å². The van der Waals surface area contributed by atoms with Gasteiger partial charge in [0.15, 0.2) is 6.10 Å². The van der Waals surface area contributed by atoms with E-state index < -0.39 is 6.10 Å². The lowest BCUT2D eigenvalue weighted by Gasteiger charge is -2.18. The van der Waals surface area contributed by atoms with Crippen molar-refractivity contribution < 1.29 is 28.6 Å². The molecule has 0 aromatic heterocycles. The number of allylic oxidation sites excluding steroid dienone is 14. The van der Waals surface area contributed by atoms with Gasteiger partial charge in [-0.05, 0) is 116 Å². The Bertz CT molecular complexity index is 1290. The second kappa shape index (κ2) is 54.2. The molecule has 0 aliphatic carbocycles. The summed E-state index contributed by atoms with van der Waals surface area (Å²) in [4.78, 5) is 38.1. The Morgan fingerprint density at radius 1 is 0.318 bits per heavy atom. The van der Waals surface area contributed by atoms with E-state index in [1.807, 2.05) is 0 Å². The van der Waals surface area contributed by atoms with E-state index in [9.17, 15) is 14.4 Å². The van der Waals surface area contributed by atoms with Crippen molar-refractivity contribution in [3.63, 3.8) is 0 Å². The summed E-state index contributed by atoms with van der Waals surface area (Å²) < 4.78 is 16.8. The van der Waals surface area contributed by atoms with Crippen LogP contribution in [0.5, 0.6) is 0 Å². The summed E-state index contributed by atoms with van der Waals surface area (Å²) in [6.07, 6.45) is 69.9. The van der Waals surface area contributed by atoms with E-state index in [0.29, 0.717) is 19.3 Å². The van der Waals surface area contributed by atoms with Gasteiger partial charge in [-0.1, -0.05) is 209 Å². The third-order valence-electron chi connectivity index (χ3n) is 11.6. The Morgan fingerprint density at radius 2 is 0.591 bits per heavy atom. The molecule has 0 amide bonds. The van der Waals surface area contributed by atoms with Crippen LogP contribution in [0.2, 0.25) is 0 Å². The highest BCUT2D eigenvalue weighted by Crippen LogP contribution is 2.14. The number of hydrogen-bond donors (Lipinski definition) is 0. The number of ether oxygens (including phenoxy) is 3. The lowest BCUT2D eigenvalue weighted by atomic mass is 10.1. The first-order valence-corrected chi connectivity index (χ1v) is 27.6. The van der Waals surface area contributed by atoms with Crippen LogP contribution < -0.4 is 0 Å². The summed E-state index contributed by atoms with van der Waals surface area (Å²) in [6, 6.07) is 0. The second-order valence-corrected chi connectivity index (χ2v) is 18.1. The van der Waals surface area contributed by atoms with Gasteiger partial charge in [-0.2, -0.15) is 0 Å². The van der Waals surface area contributed by atoms with E-state index in [-0.39, 0.29) is 31.1 Å². The molecule has 0 aliphatic rings. The van der Waals surface area contributed by atoms with Crippen LogP contribution in [0.1, 0.15) is 258 Å². The molecule has 0 aromatic rings. The van der Waals surface area contributed by atoms with Gasteiger partial charge >= 0.3 is 17.9 Å². The monoisotopic (exact) mass is 919 g/mol. The molecule has 0 spiro atoms. The van der Waals surface area contributed by atoms with Crippen molar-refractivity contribution in [2.45, 2.75) is 264 Å². The molecule has 1 atom stereocenters. The average Bonchev–Trinajstić information content (AvgIpc) is 3.31. The Kier molecular flexibility index (Phi) is 51.4. The molecule has 0 unspecified atom stereocenters. The average molecular weight is 919 g/mol. The zero-order valence-corrected chi connectivity index (χ0v) is 43.2. The van der Waals surface area contributed by atoms with Crippen LogP contribution in [0.4, 0.5) is 0 Å². The number of unbranched alkanes of at least 4 members (excludes halogenated alkanes) is 24. The molecular formula is C60H102O6. The number of carbonyl (C=O) groups excluding carboxylic acids is 3. The van der Waals surface area contributed by atoms with Crippen LogP contribution in [0.25, 0.3) is 0 Å². The third kappa shape index (κ3) is 51.6. The zero-order valence-electron chi connectivity index (χ0n) is 43.2. The molecule has 0 fully saturated rings. The van der Waals surface area contributed by atoms with Crippen molar-refractivity contribution in [2.24, 2.45) is 0 Å². The first-order valence-electron chi connectivity index (χ1n) is 27.6. The molecule has 0 bridgehead atoms. The molecule has 0 aromatic carbocycles. The van der Waals surface area contributed by atoms with Crippen LogP contribution in [-0.4, -0.2) is 37.2 Å². The Balaban J connectivity index is 4.46. The lowest BCUT2D eigenvalue weighted by molar-refractivity contribution is -0.167. The molecule has 0 radical (unpaired) electrons. The molecule has 378 valence electrons. The van der Waals surface area contributed by atoms with E-state index in [4.69, 9.17) is 14.2 Å². The van der Waals surface area contributed by atoms with Crippen LogP contribution in [-0.2, 0) is 28.6 Å². The summed E-state index contributed by atoms with van der Waals surface area (Å²) in [5.74, 6) is -0.942. The first kappa shape index (κ1) is 62.6. The maximum absolute atomic E-state index is 12.8. The van der Waals surface area contributed by atoms with Gasteiger partial charge in [0.2, 0.25) is 0 Å². The van der Waals surface area contributed by atoms with Gasteiger partial charge in [0.05, 0.1) is 0 Å². The fraction of sp³-hybridized carbons (Fsp3) is 0.717. The standard InChI is InChI=1S/C60H102O6/c1-4-7-10-13-16-19-22-25-28-29-30-31-33-35-38-41-44-47-50-53-59(62)65-56-57(55-64-58(61)52-49-46-43-40-37-34-27-24-21-18-15-12-9-6-3)66-60(63)54-51-48-45-42-39-36-32-26-23-20-17-14-11-8-5-2/h7,10,16,19,24-28,30-32,35,38,57H,4-6,8-9,11-15,17-18,20-23,29,33-34,36-37,39-56H2,1-3H3/b10-7-,19-16-,27-24-,28-25-,31-30-,32-26-,38-35-/t57-/m1/s1. The van der Waals surface area contributed by atoms with Crippen molar-refractivity contribution in [1.82, 2.24) is 0 Å². The van der Waals surface area contributed by atoms with Gasteiger partial charge < -0.3 is 14.2 Å². The molecule has 0 aliphatic heterocycles. The van der Waals surface area contributed by atoms with E-state index >= 15 is 0 Å². The number of hydrogen-bond acceptors (Lipinski definition) is 6. The number of esters is 3. The lowest BCUT2D eigenvalue weighted by Crippen LogP contribution is -2.30. The van der Waals surface area contributed by atoms with E-state index in [2.05, 4.69) is 106 Å². The molecule has 0 heterocycles. The Hall–Kier alpha value is -3.41. The minimum atomic E-state index is -0.798. The van der Waals surface area contributed by atoms with Crippen molar-refractivity contribution >= 4 is 17.9 Å². The summed E-state index contributed by atoms with van der Waals surface area (Å²) >= 11 is 0. The zero-order chi connectivity index (χ0) is 47.9. The summed E-state index contributed by atoms with van der Waals surface area (Å²) in [7, 11) is 0. The summed E-state index contributed by atoms with van der Waals surface area (Å²) in [5, 5.41) is 0. The van der Waals surface area contributed by atoms with Crippen LogP contribution in [0, 0.1) is 0 Å². The molecule has 66 heavy (non-hydrogen) atoms. The van der Waals surface area contributed by atoms with E-state index in [0.717, 1.165) is 116 Å². The van der Waals surface area contributed by atoms with Gasteiger partial charge in [0, 0.05) is 19.3 Å². The first-order chi connectivity index (χ1) is 32.5. The highest BCUT2D eigenvalue weighted by atomic mass is 16.6. The molecule has 0 N–H and O–H groups in total. The van der Waals surface area contributed by atoms with Gasteiger partial charge in [-0.15, -0.1) is 0 Å². The second-order valence-electron chi connectivity index (χ2n) is 18.1. The SMILES string of the molecule is CC/C=C\C/C=C\C/C=C\C/C=C\C/C=C\CCCCCC(=O)OC[C@@H](COC(=O)CCCCCCC/C=C\CCCCCCC)OC(=O)CCCCCCC/C=C\CCCCCCCC. The largest absolute Gasteiger partial charge is 0.462 e. The van der Waals surface area contributed by atoms with Gasteiger partial charge in [0.1, 0.15) is 13.2 Å². The van der Waals surface area contributed by atoms with Crippen LogP contribution in [0.15, 0.2) is 85.1 Å². The normalized spacial score (nSPS) is 12.7. The maximum Gasteiger partial charge on any atom is 0.306 e. The molecule has 6 nitrogen and oxygen atoms in total. The molecule has 0 saturated carbocycles. The highest BCUT2D eigenvalue weighted by molar-refractivity contribution is 5.71. The van der Waals surface area contributed by atoms with Crippen molar-refractivity contribution in [3.05, 3.63) is 85.1 Å². The van der Waals surface area contributed by atoms with Gasteiger partial charge in [-0.25, -0.2) is 0 Å². The maximum atomic E-state index is 12.8. The minimum Gasteiger partial charge on any atom is -0.462 e. The fourth-order valence-corrected chi connectivity index (χ4v) is 7.46. The predicted octanol–water partition coefficient (Wildman–Crippen LogP) is 18.4. The summed E-state index contributed by atoms with van der Waals surface area (Å²) in [5.41, 5.74) is 0. The smallest absolute Gasteiger partial charge is 0.306 e. The van der Waals surface area contributed by atoms with Gasteiger partial charge in [-0.3, -0.25) is 14.4 Å². The quantitative estimate of drug-likeness (QED) is 0.0262. The minimum absolute atomic E-state index is 0.0948. The number of carbonyl (C=O) groups is 3. The highest BCUT2D eigenvalue weighted by Gasteiger charge is 2.19. The summed E-state index contributed by atoms with van der Waals surface area (Å²) in [6.45, 7) is 6.47. The van der Waals surface area contributed by atoms with Crippen molar-refractivity contribution in [3.8, 4) is 0 Å². The molecule has 0 saturated heterocycles. The van der Waals surface area contributed by atoms with Crippen molar-refractivity contribution in [2.75, 3.05) is 13.2 Å². The van der Waals surface area contributed by atoms with Crippen molar-refractivity contribution in [1.29, 1.82) is 0 Å². The van der Waals surface area contributed by atoms with Gasteiger partial charge in [0.25, 0.3) is 0 Å². The number of rotatable bonds is 49. The molecular weight excluding hydrogens is 817 g/mol. The predicted molar refractivity (Wildman–Crippen MR) is 284 cm³/mol. The Labute approximate surface area is 407 Å². The fourth-order valence-electron chi connectivity index (χ4n) is 7.46. The van der Waals surface area contributed by atoms with E-state index in [1.54, 1.807) is 0 Å². The van der Waals surface area contributed by atoms with Crippen LogP contribution >= 0.6 is 0 Å². The molecule has 0 rings (SSSR count). The molecule has 6 heteroatoms. The Morgan fingerprint density at radius 3 is 0.955 bits per heavy atom. The third-order valence-corrected chi connectivity index (χ3v) is 11.6. The topological polar surface area (TPSA) is 78.9 Å².